The van der Waals surface area contributed by atoms with Crippen LogP contribution in [0, 0.1) is 5.92 Å². The van der Waals surface area contributed by atoms with E-state index in [1.165, 1.54) is 0 Å². The number of halogens is 2. The first-order chi connectivity index (χ1) is 5.09. The lowest BCUT2D eigenvalue weighted by Gasteiger charge is -1.97. The topological polar surface area (TPSA) is 12.9 Å². The first-order valence-corrected chi connectivity index (χ1v) is 5.39. The van der Waals surface area contributed by atoms with Gasteiger partial charge in [-0.2, -0.15) is 0 Å². The Balaban J connectivity index is 2.73. The molecule has 0 bridgehead atoms. The third kappa shape index (κ3) is 2.73. The third-order valence-electron chi connectivity index (χ3n) is 1.18. The van der Waals surface area contributed by atoms with E-state index in [2.05, 4.69) is 34.8 Å². The molecule has 0 aliphatic rings. The minimum absolute atomic E-state index is 0.643. The van der Waals surface area contributed by atoms with Crippen molar-refractivity contribution in [1.29, 1.82) is 0 Å². The van der Waals surface area contributed by atoms with Gasteiger partial charge in [0.25, 0.3) is 0 Å². The Morgan fingerprint density at radius 2 is 2.27 bits per heavy atom. The summed E-state index contributed by atoms with van der Waals surface area (Å²) in [6.07, 6.45) is 1.01. The Morgan fingerprint density at radius 3 is 2.64 bits per heavy atom. The summed E-state index contributed by atoms with van der Waals surface area (Å²) in [5.41, 5.74) is 0. The highest BCUT2D eigenvalue weighted by Gasteiger charge is 2.07. The van der Waals surface area contributed by atoms with Crippen molar-refractivity contribution in [2.75, 3.05) is 0 Å². The summed E-state index contributed by atoms with van der Waals surface area (Å²) in [5.74, 6) is 0.643. The third-order valence-corrected chi connectivity index (χ3v) is 3.52. The molecular weight excluding hydrogens is 246 g/mol. The van der Waals surface area contributed by atoms with Crippen LogP contribution in [-0.4, -0.2) is 4.98 Å². The molecule has 4 heteroatoms. The molecule has 0 amide bonds. The van der Waals surface area contributed by atoms with E-state index < -0.39 is 0 Å². The molecule has 0 radical (unpaired) electrons. The summed E-state index contributed by atoms with van der Waals surface area (Å²) in [6, 6.07) is 0. The fourth-order valence-electron chi connectivity index (χ4n) is 0.758. The number of rotatable bonds is 2. The molecule has 0 spiro atoms. The largest absolute Gasteiger partial charge is 0.233 e. The molecule has 1 aromatic heterocycles. The molecular formula is C7H9BrClNS. The van der Waals surface area contributed by atoms with Crippen LogP contribution in [0.1, 0.15) is 18.9 Å². The number of nitrogens with zero attached hydrogens (tertiary/aromatic N) is 1. The van der Waals surface area contributed by atoms with Crippen molar-refractivity contribution in [3.05, 3.63) is 13.9 Å². The number of thiazole rings is 1. The molecule has 0 aliphatic carbocycles. The maximum atomic E-state index is 5.82. The first kappa shape index (κ1) is 9.49. The van der Waals surface area contributed by atoms with E-state index in [4.69, 9.17) is 11.6 Å². The average molecular weight is 255 g/mol. The van der Waals surface area contributed by atoms with Gasteiger partial charge in [0, 0.05) is 6.42 Å². The fourth-order valence-corrected chi connectivity index (χ4v) is 2.53. The molecule has 62 valence electrons. The molecule has 0 aliphatic heterocycles. The summed E-state index contributed by atoms with van der Waals surface area (Å²) in [4.78, 5) is 4.25. The summed E-state index contributed by atoms with van der Waals surface area (Å²) < 4.78 is 1.53. The minimum Gasteiger partial charge on any atom is -0.233 e. The van der Waals surface area contributed by atoms with Gasteiger partial charge in [-0.1, -0.05) is 25.4 Å². The maximum absolute atomic E-state index is 5.82. The molecule has 1 heterocycles. The van der Waals surface area contributed by atoms with E-state index in [-0.39, 0.29) is 0 Å². The Morgan fingerprint density at radius 1 is 1.64 bits per heavy atom. The van der Waals surface area contributed by atoms with Gasteiger partial charge >= 0.3 is 0 Å². The van der Waals surface area contributed by atoms with E-state index in [0.717, 1.165) is 20.4 Å². The van der Waals surface area contributed by atoms with Gasteiger partial charge in [0.1, 0.15) is 8.94 Å². The molecule has 1 aromatic rings. The lowest BCUT2D eigenvalue weighted by Crippen LogP contribution is -1.91. The van der Waals surface area contributed by atoms with Gasteiger partial charge in [0.15, 0.2) is 0 Å². The molecule has 1 rings (SSSR count). The van der Waals surface area contributed by atoms with Crippen LogP contribution in [0.2, 0.25) is 4.34 Å². The molecule has 0 unspecified atom stereocenters. The van der Waals surface area contributed by atoms with E-state index in [0.29, 0.717) is 5.92 Å². The Bertz CT molecular complexity index is 227. The Kier molecular flexibility index (Phi) is 3.34. The normalized spacial score (nSPS) is 11.0. The molecule has 1 nitrogen and oxygen atoms in total. The van der Waals surface area contributed by atoms with Crippen molar-refractivity contribution in [3.63, 3.8) is 0 Å². The number of aromatic nitrogens is 1. The van der Waals surface area contributed by atoms with Crippen molar-refractivity contribution in [1.82, 2.24) is 4.98 Å². The molecule has 0 N–H and O–H groups in total. The van der Waals surface area contributed by atoms with Crippen LogP contribution in [-0.2, 0) is 6.42 Å². The minimum atomic E-state index is 0.643. The second-order valence-corrected chi connectivity index (χ2v) is 5.21. The van der Waals surface area contributed by atoms with Crippen LogP contribution in [0.3, 0.4) is 0 Å². The average Bonchev–Trinajstić information content (AvgIpc) is 2.10. The zero-order valence-corrected chi connectivity index (χ0v) is 9.55. The molecule has 0 saturated carbocycles. The van der Waals surface area contributed by atoms with E-state index >= 15 is 0 Å². The van der Waals surface area contributed by atoms with Crippen molar-refractivity contribution >= 4 is 38.9 Å². The lowest BCUT2D eigenvalue weighted by atomic mass is 10.1. The number of hydrogen-bond acceptors (Lipinski definition) is 2. The van der Waals surface area contributed by atoms with E-state index in [1.807, 2.05) is 0 Å². The van der Waals surface area contributed by atoms with Gasteiger partial charge in [0.2, 0.25) is 0 Å². The van der Waals surface area contributed by atoms with Gasteiger partial charge in [-0.05, 0) is 21.8 Å². The zero-order chi connectivity index (χ0) is 8.43. The van der Waals surface area contributed by atoms with Crippen LogP contribution < -0.4 is 0 Å². The summed E-state index contributed by atoms with van der Waals surface area (Å²) in [7, 11) is 0. The van der Waals surface area contributed by atoms with Crippen LogP contribution >= 0.6 is 38.9 Å². The number of hydrogen-bond donors (Lipinski definition) is 0. The highest BCUT2D eigenvalue weighted by Crippen LogP contribution is 2.29. The SMILES string of the molecule is CC(C)Cc1nc(Br)c(Cl)s1. The van der Waals surface area contributed by atoms with Gasteiger partial charge in [-0.3, -0.25) is 0 Å². The van der Waals surface area contributed by atoms with Crippen LogP contribution in [0.15, 0.2) is 4.60 Å². The smallest absolute Gasteiger partial charge is 0.136 e. The highest BCUT2D eigenvalue weighted by atomic mass is 79.9. The second-order valence-electron chi connectivity index (χ2n) is 2.77. The fraction of sp³-hybridized carbons (Fsp3) is 0.571. The van der Waals surface area contributed by atoms with Gasteiger partial charge < -0.3 is 0 Å². The first-order valence-electron chi connectivity index (χ1n) is 3.40. The summed E-state index contributed by atoms with van der Waals surface area (Å²) in [5, 5.41) is 1.11. The summed E-state index contributed by atoms with van der Waals surface area (Å²) in [6.45, 7) is 4.34. The van der Waals surface area contributed by atoms with Crippen LogP contribution in [0.5, 0.6) is 0 Å². The van der Waals surface area contributed by atoms with Crippen LogP contribution in [0.4, 0.5) is 0 Å². The second kappa shape index (κ2) is 3.87. The van der Waals surface area contributed by atoms with Gasteiger partial charge in [-0.25, -0.2) is 4.98 Å². The van der Waals surface area contributed by atoms with Gasteiger partial charge in [0.05, 0.1) is 5.01 Å². The Labute approximate surface area is 83.9 Å². The molecule has 11 heavy (non-hydrogen) atoms. The van der Waals surface area contributed by atoms with Crippen LogP contribution in [0.25, 0.3) is 0 Å². The lowest BCUT2D eigenvalue weighted by molar-refractivity contribution is 0.644. The quantitative estimate of drug-likeness (QED) is 0.783. The summed E-state index contributed by atoms with van der Waals surface area (Å²) >= 11 is 10.6. The molecule has 0 aromatic carbocycles. The van der Waals surface area contributed by atoms with Crippen molar-refractivity contribution in [3.8, 4) is 0 Å². The predicted molar refractivity (Wildman–Crippen MR) is 53.4 cm³/mol. The monoisotopic (exact) mass is 253 g/mol. The van der Waals surface area contributed by atoms with E-state index in [9.17, 15) is 0 Å². The molecule has 0 atom stereocenters. The van der Waals surface area contributed by atoms with Crippen molar-refractivity contribution < 1.29 is 0 Å². The van der Waals surface area contributed by atoms with E-state index in [1.54, 1.807) is 11.3 Å². The zero-order valence-electron chi connectivity index (χ0n) is 6.40. The standard InChI is InChI=1S/C7H9BrClNS/c1-4(2)3-5-10-6(8)7(9)11-5/h4H,3H2,1-2H3. The highest BCUT2D eigenvalue weighted by molar-refractivity contribution is 9.10. The molecule has 0 fully saturated rings. The Hall–Kier alpha value is 0.400. The predicted octanol–water partition coefficient (Wildman–Crippen LogP) is 3.76. The van der Waals surface area contributed by atoms with Crippen molar-refractivity contribution in [2.24, 2.45) is 5.92 Å². The van der Waals surface area contributed by atoms with Crippen molar-refractivity contribution in [2.45, 2.75) is 20.3 Å². The maximum Gasteiger partial charge on any atom is 0.136 e. The molecule has 0 saturated heterocycles. The van der Waals surface area contributed by atoms with Gasteiger partial charge in [-0.15, -0.1) is 11.3 Å².